The zero-order valence-corrected chi connectivity index (χ0v) is 16.1. The van der Waals surface area contributed by atoms with Crippen molar-refractivity contribution in [2.75, 3.05) is 5.73 Å². The summed E-state index contributed by atoms with van der Waals surface area (Å²) >= 11 is 0. The Morgan fingerprint density at radius 2 is 1.69 bits per heavy atom. The molecule has 0 radical (unpaired) electrons. The van der Waals surface area contributed by atoms with Crippen LogP contribution in [0.3, 0.4) is 0 Å². The van der Waals surface area contributed by atoms with Crippen LogP contribution in [0.1, 0.15) is 75.2 Å². The molecule has 5 rings (SSSR count). The van der Waals surface area contributed by atoms with Crippen LogP contribution in [0.2, 0.25) is 0 Å². The van der Waals surface area contributed by atoms with Gasteiger partial charge in [-0.05, 0) is 107 Å². The first-order chi connectivity index (χ1) is 12.1. The summed E-state index contributed by atoms with van der Waals surface area (Å²) in [6, 6.07) is 2.95. The Hall–Kier alpha value is -1.58. The third kappa shape index (κ3) is 3.35. The lowest BCUT2D eigenvalue weighted by molar-refractivity contribution is -0.0521. The fourth-order valence-corrected chi connectivity index (χ4v) is 6.18. The normalized spacial score (nSPS) is 32.7. The van der Waals surface area contributed by atoms with Gasteiger partial charge in [-0.25, -0.2) is 9.18 Å². The summed E-state index contributed by atoms with van der Waals surface area (Å²) in [7, 11) is 0. The Kier molecular flexibility index (Phi) is 4.09. The zero-order chi connectivity index (χ0) is 18.7. The van der Waals surface area contributed by atoms with Crippen LogP contribution in [0.4, 0.5) is 10.1 Å². The third-order valence-corrected chi connectivity index (χ3v) is 6.58. The van der Waals surface area contributed by atoms with Crippen molar-refractivity contribution in [2.24, 2.45) is 23.2 Å². The number of rotatable bonds is 3. The van der Waals surface area contributed by atoms with E-state index in [1.807, 2.05) is 0 Å². The minimum absolute atomic E-state index is 0.0633. The molecule has 0 aromatic heterocycles. The van der Waals surface area contributed by atoms with Gasteiger partial charge in [0.2, 0.25) is 0 Å². The molecule has 0 saturated heterocycles. The summed E-state index contributed by atoms with van der Waals surface area (Å²) in [5.41, 5.74) is 7.20. The Balaban J connectivity index is 1.57. The van der Waals surface area contributed by atoms with Crippen molar-refractivity contribution < 1.29 is 13.9 Å². The molecule has 142 valence electrons. The van der Waals surface area contributed by atoms with Gasteiger partial charge in [-0.2, -0.15) is 0 Å². The van der Waals surface area contributed by atoms with Gasteiger partial charge in [0.25, 0.3) is 0 Å². The van der Waals surface area contributed by atoms with Crippen LogP contribution < -0.4 is 5.73 Å². The topological polar surface area (TPSA) is 52.3 Å². The van der Waals surface area contributed by atoms with Gasteiger partial charge in [0.05, 0.1) is 5.56 Å². The lowest BCUT2D eigenvalue weighted by Crippen LogP contribution is -2.47. The number of nitrogens with two attached hydrogens (primary N) is 1. The number of carbonyl (C=O) groups excluding carboxylic acids is 1. The molecule has 4 saturated carbocycles. The number of nitrogen functional groups attached to an aromatic ring is 1. The molecule has 0 aliphatic heterocycles. The van der Waals surface area contributed by atoms with Crippen LogP contribution >= 0.6 is 0 Å². The Morgan fingerprint density at radius 1 is 1.15 bits per heavy atom. The Labute approximate surface area is 155 Å². The lowest BCUT2D eigenvalue weighted by Gasteiger charge is -2.57. The van der Waals surface area contributed by atoms with Crippen molar-refractivity contribution in [1.29, 1.82) is 0 Å². The minimum Gasteiger partial charge on any atom is -0.456 e. The van der Waals surface area contributed by atoms with Gasteiger partial charge < -0.3 is 10.5 Å². The summed E-state index contributed by atoms with van der Waals surface area (Å²) in [5, 5.41) is 0. The summed E-state index contributed by atoms with van der Waals surface area (Å²) in [4.78, 5) is 12.2. The van der Waals surface area contributed by atoms with Crippen LogP contribution in [-0.4, -0.2) is 11.6 Å². The van der Waals surface area contributed by atoms with Gasteiger partial charge in [0.1, 0.15) is 11.4 Å². The average Bonchev–Trinajstić information content (AvgIpc) is 2.47. The third-order valence-electron chi connectivity index (χ3n) is 6.58. The van der Waals surface area contributed by atoms with E-state index in [1.54, 1.807) is 20.8 Å². The standard InChI is InChI=1S/C22H30FNO2/c1-21(2,3)26-20(25)17-8-19(24)16(7-18(17)23)12-22-9-13-4-14(10-22)6-15(5-13)11-22/h7-8,13-15H,4-6,9-12,24H2,1-3H3. The van der Waals surface area contributed by atoms with Crippen LogP contribution in [-0.2, 0) is 11.2 Å². The highest BCUT2D eigenvalue weighted by Gasteiger charge is 2.50. The lowest BCUT2D eigenvalue weighted by atomic mass is 9.48. The highest BCUT2D eigenvalue weighted by atomic mass is 19.1. The molecule has 0 unspecified atom stereocenters. The van der Waals surface area contributed by atoms with Gasteiger partial charge in [0, 0.05) is 5.69 Å². The predicted octanol–water partition coefficient (Wildman–Crippen LogP) is 5.12. The summed E-state index contributed by atoms with van der Waals surface area (Å²) in [6.07, 6.45) is 8.78. The molecule has 3 nitrogen and oxygen atoms in total. The molecule has 4 bridgehead atoms. The van der Waals surface area contributed by atoms with E-state index in [1.165, 1.54) is 50.7 Å². The van der Waals surface area contributed by atoms with E-state index in [2.05, 4.69) is 0 Å². The van der Waals surface area contributed by atoms with Gasteiger partial charge in [-0.3, -0.25) is 0 Å². The number of ether oxygens (including phenoxy) is 1. The van der Waals surface area contributed by atoms with E-state index in [0.29, 0.717) is 11.1 Å². The first-order valence-corrected chi connectivity index (χ1v) is 9.94. The van der Waals surface area contributed by atoms with Crippen molar-refractivity contribution in [3.8, 4) is 0 Å². The Morgan fingerprint density at radius 3 is 2.19 bits per heavy atom. The molecule has 0 amide bonds. The Bertz CT molecular complexity index is 699. The minimum atomic E-state index is -0.657. The van der Waals surface area contributed by atoms with E-state index in [0.717, 1.165) is 29.7 Å². The number of esters is 1. The maximum atomic E-state index is 14.7. The van der Waals surface area contributed by atoms with Crippen molar-refractivity contribution in [1.82, 2.24) is 0 Å². The maximum absolute atomic E-state index is 14.7. The summed E-state index contributed by atoms with van der Waals surface area (Å²) in [5.74, 6) is 1.39. The monoisotopic (exact) mass is 359 g/mol. The van der Waals surface area contributed by atoms with Crippen LogP contribution in [0.15, 0.2) is 12.1 Å². The quantitative estimate of drug-likeness (QED) is 0.602. The number of anilines is 1. The molecule has 1 aromatic rings. The van der Waals surface area contributed by atoms with Crippen molar-refractivity contribution in [2.45, 2.75) is 71.3 Å². The van der Waals surface area contributed by atoms with E-state index in [4.69, 9.17) is 10.5 Å². The fraction of sp³-hybridized carbons (Fsp3) is 0.682. The number of halogens is 1. The van der Waals surface area contributed by atoms with E-state index in [9.17, 15) is 9.18 Å². The van der Waals surface area contributed by atoms with Gasteiger partial charge in [-0.15, -0.1) is 0 Å². The first kappa shape index (κ1) is 17.8. The SMILES string of the molecule is CC(C)(C)OC(=O)c1cc(N)c(CC23CC4CC(CC(C4)C2)C3)cc1F. The maximum Gasteiger partial charge on any atom is 0.341 e. The second-order valence-corrected chi connectivity index (χ2v) is 10.1. The smallest absolute Gasteiger partial charge is 0.341 e. The molecular weight excluding hydrogens is 329 g/mol. The predicted molar refractivity (Wildman–Crippen MR) is 100 cm³/mol. The van der Waals surface area contributed by atoms with Crippen LogP contribution in [0.5, 0.6) is 0 Å². The number of benzene rings is 1. The van der Waals surface area contributed by atoms with Crippen LogP contribution in [0, 0.1) is 29.0 Å². The molecule has 1 aromatic carbocycles. The van der Waals surface area contributed by atoms with Crippen molar-refractivity contribution in [3.05, 3.63) is 29.1 Å². The number of hydrogen-bond donors (Lipinski definition) is 1. The number of hydrogen-bond acceptors (Lipinski definition) is 3. The van der Waals surface area contributed by atoms with E-state index < -0.39 is 17.4 Å². The van der Waals surface area contributed by atoms with Crippen LogP contribution in [0.25, 0.3) is 0 Å². The molecule has 0 heterocycles. The van der Waals surface area contributed by atoms with E-state index >= 15 is 0 Å². The fourth-order valence-electron chi connectivity index (χ4n) is 6.18. The zero-order valence-electron chi connectivity index (χ0n) is 16.1. The second kappa shape index (κ2) is 5.97. The molecule has 4 heteroatoms. The highest BCUT2D eigenvalue weighted by molar-refractivity contribution is 5.91. The molecule has 4 aliphatic rings. The van der Waals surface area contributed by atoms with Crippen molar-refractivity contribution >= 4 is 11.7 Å². The van der Waals surface area contributed by atoms with Gasteiger partial charge in [0.15, 0.2) is 0 Å². The molecule has 0 atom stereocenters. The molecule has 0 spiro atoms. The largest absolute Gasteiger partial charge is 0.456 e. The summed E-state index contributed by atoms with van der Waals surface area (Å²) < 4.78 is 20.0. The van der Waals surface area contributed by atoms with Crippen molar-refractivity contribution in [3.63, 3.8) is 0 Å². The van der Waals surface area contributed by atoms with Gasteiger partial charge >= 0.3 is 5.97 Å². The highest BCUT2D eigenvalue weighted by Crippen LogP contribution is 2.61. The molecular formula is C22H30FNO2. The number of carbonyl (C=O) groups is 1. The molecule has 4 fully saturated rings. The molecule has 26 heavy (non-hydrogen) atoms. The second-order valence-electron chi connectivity index (χ2n) is 10.1. The van der Waals surface area contributed by atoms with E-state index in [-0.39, 0.29) is 5.56 Å². The first-order valence-electron chi connectivity index (χ1n) is 9.94. The summed E-state index contributed by atoms with van der Waals surface area (Å²) in [6.45, 7) is 5.31. The molecule has 4 aliphatic carbocycles. The molecule has 2 N–H and O–H groups in total. The average molecular weight is 359 g/mol. The van der Waals surface area contributed by atoms with Gasteiger partial charge in [-0.1, -0.05) is 0 Å².